The second-order valence-electron chi connectivity index (χ2n) is 4.99. The molecular formula is C14H21N3O2. The van der Waals surface area contributed by atoms with Crippen molar-refractivity contribution >= 4 is 17.5 Å². The van der Waals surface area contributed by atoms with E-state index in [-0.39, 0.29) is 5.69 Å². The molecule has 0 aliphatic heterocycles. The molecule has 19 heavy (non-hydrogen) atoms. The van der Waals surface area contributed by atoms with E-state index in [1.807, 2.05) is 0 Å². The van der Waals surface area contributed by atoms with E-state index >= 15 is 0 Å². The predicted molar refractivity (Wildman–Crippen MR) is 75.1 cm³/mol. The zero-order chi connectivity index (χ0) is 13.7. The van der Waals surface area contributed by atoms with Crippen molar-refractivity contribution < 1.29 is 9.53 Å². The molecule has 1 aliphatic rings. The number of aromatic nitrogens is 1. The van der Waals surface area contributed by atoms with E-state index < -0.39 is 5.97 Å². The maximum atomic E-state index is 11.4. The molecule has 104 valence electrons. The fraction of sp³-hybridized carbons (Fsp3) is 0.571. The average Bonchev–Trinajstić information content (AvgIpc) is 2.93. The summed E-state index contributed by atoms with van der Waals surface area (Å²) < 4.78 is 4.65. The lowest BCUT2D eigenvalue weighted by Crippen LogP contribution is -2.12. The largest absolute Gasteiger partial charge is 0.464 e. The summed E-state index contributed by atoms with van der Waals surface area (Å²) in [4.78, 5) is 15.6. The molecule has 0 radical (unpaired) electrons. The molecule has 3 N–H and O–H groups in total. The highest BCUT2D eigenvalue weighted by Gasteiger charge is 2.15. The third-order valence-corrected chi connectivity index (χ3v) is 3.64. The first kappa shape index (κ1) is 13.6. The van der Waals surface area contributed by atoms with Crippen LogP contribution in [0, 0.1) is 5.92 Å². The quantitative estimate of drug-likeness (QED) is 0.798. The minimum absolute atomic E-state index is 0.278. The van der Waals surface area contributed by atoms with Crippen molar-refractivity contribution in [1.82, 2.24) is 4.98 Å². The third kappa shape index (κ3) is 3.59. The monoisotopic (exact) mass is 263 g/mol. The number of nitrogens with two attached hydrogens (primary N) is 1. The van der Waals surface area contributed by atoms with Gasteiger partial charge in [-0.25, -0.2) is 9.78 Å². The number of ether oxygens (including phenoxy) is 1. The van der Waals surface area contributed by atoms with Crippen molar-refractivity contribution in [2.24, 2.45) is 5.92 Å². The Morgan fingerprint density at radius 3 is 2.89 bits per heavy atom. The second kappa shape index (κ2) is 6.41. The van der Waals surface area contributed by atoms with E-state index in [0.29, 0.717) is 11.5 Å². The number of rotatable bonds is 5. The van der Waals surface area contributed by atoms with E-state index in [4.69, 9.17) is 5.73 Å². The summed E-state index contributed by atoms with van der Waals surface area (Å²) in [5, 5.41) is 3.22. The fourth-order valence-corrected chi connectivity index (χ4v) is 2.52. The van der Waals surface area contributed by atoms with Gasteiger partial charge in [0.25, 0.3) is 0 Å². The summed E-state index contributed by atoms with van der Waals surface area (Å²) in [5.41, 5.74) is 6.68. The Kier molecular flexibility index (Phi) is 4.60. The predicted octanol–water partition coefficient (Wildman–Crippen LogP) is 2.44. The van der Waals surface area contributed by atoms with Gasteiger partial charge in [-0.05, 0) is 24.5 Å². The Labute approximate surface area is 113 Å². The zero-order valence-corrected chi connectivity index (χ0v) is 11.3. The molecule has 0 amide bonds. The highest BCUT2D eigenvalue weighted by atomic mass is 16.5. The van der Waals surface area contributed by atoms with Gasteiger partial charge in [0.15, 0.2) is 5.69 Å². The molecule has 0 atom stereocenters. The number of anilines is 2. The molecule has 0 spiro atoms. The van der Waals surface area contributed by atoms with Crippen LogP contribution in [0.15, 0.2) is 12.1 Å². The molecule has 0 saturated heterocycles. The molecular weight excluding hydrogens is 242 g/mol. The van der Waals surface area contributed by atoms with Crippen LogP contribution in [0.3, 0.4) is 0 Å². The number of pyridine rings is 1. The summed E-state index contributed by atoms with van der Waals surface area (Å²) in [6.45, 7) is 0.840. The lowest BCUT2D eigenvalue weighted by molar-refractivity contribution is 0.0594. The topological polar surface area (TPSA) is 77.2 Å². The summed E-state index contributed by atoms with van der Waals surface area (Å²) in [5.74, 6) is 0.942. The number of nitrogen functional groups attached to an aromatic ring is 1. The van der Waals surface area contributed by atoms with Crippen molar-refractivity contribution in [3.8, 4) is 0 Å². The maximum Gasteiger partial charge on any atom is 0.356 e. The van der Waals surface area contributed by atoms with Gasteiger partial charge in [0, 0.05) is 6.54 Å². The lowest BCUT2D eigenvalue weighted by Gasteiger charge is -2.12. The van der Waals surface area contributed by atoms with E-state index in [1.54, 1.807) is 12.1 Å². The van der Waals surface area contributed by atoms with Crippen molar-refractivity contribution in [2.45, 2.75) is 32.1 Å². The van der Waals surface area contributed by atoms with Crippen LogP contribution in [0.1, 0.15) is 42.6 Å². The van der Waals surface area contributed by atoms with E-state index in [9.17, 15) is 4.79 Å². The Morgan fingerprint density at radius 2 is 2.21 bits per heavy atom. The van der Waals surface area contributed by atoms with E-state index in [1.165, 1.54) is 32.8 Å². The van der Waals surface area contributed by atoms with Crippen LogP contribution >= 0.6 is 0 Å². The van der Waals surface area contributed by atoms with Crippen molar-refractivity contribution in [2.75, 3.05) is 24.7 Å². The van der Waals surface area contributed by atoms with Crippen LogP contribution in [-0.2, 0) is 4.74 Å². The van der Waals surface area contributed by atoms with Crippen LogP contribution in [0.4, 0.5) is 11.5 Å². The summed E-state index contributed by atoms with van der Waals surface area (Å²) in [6, 6.07) is 3.25. The SMILES string of the molecule is COC(=O)c1ccc(N)c(NCCC2CCCC2)n1. The van der Waals surface area contributed by atoms with Gasteiger partial charge in [0.05, 0.1) is 12.8 Å². The molecule has 0 aromatic carbocycles. The normalized spacial score (nSPS) is 15.4. The van der Waals surface area contributed by atoms with Gasteiger partial charge in [-0.3, -0.25) is 0 Å². The first-order chi connectivity index (χ1) is 9.20. The van der Waals surface area contributed by atoms with Gasteiger partial charge < -0.3 is 15.8 Å². The molecule has 5 nitrogen and oxygen atoms in total. The molecule has 1 fully saturated rings. The first-order valence-electron chi connectivity index (χ1n) is 6.79. The number of hydrogen-bond acceptors (Lipinski definition) is 5. The number of carbonyl (C=O) groups excluding carboxylic acids is 1. The van der Waals surface area contributed by atoms with Crippen molar-refractivity contribution in [3.05, 3.63) is 17.8 Å². The van der Waals surface area contributed by atoms with Gasteiger partial charge in [0.2, 0.25) is 0 Å². The number of hydrogen-bond donors (Lipinski definition) is 2. The molecule has 1 aromatic heterocycles. The number of methoxy groups -OCH3 is 1. The molecule has 1 aliphatic carbocycles. The van der Waals surface area contributed by atoms with E-state index in [0.717, 1.165) is 18.9 Å². The third-order valence-electron chi connectivity index (χ3n) is 3.64. The van der Waals surface area contributed by atoms with Gasteiger partial charge in [-0.15, -0.1) is 0 Å². The molecule has 0 unspecified atom stereocenters. The molecule has 0 bridgehead atoms. The summed E-state index contributed by atoms with van der Waals surface area (Å²) in [7, 11) is 1.34. The summed E-state index contributed by atoms with van der Waals surface area (Å²) in [6.07, 6.45) is 6.48. The van der Waals surface area contributed by atoms with Gasteiger partial charge in [-0.1, -0.05) is 25.7 Å². The minimum atomic E-state index is -0.446. The minimum Gasteiger partial charge on any atom is -0.464 e. The van der Waals surface area contributed by atoms with Gasteiger partial charge >= 0.3 is 5.97 Å². The van der Waals surface area contributed by atoms with Crippen LogP contribution in [-0.4, -0.2) is 24.6 Å². The van der Waals surface area contributed by atoms with E-state index in [2.05, 4.69) is 15.0 Å². The fourth-order valence-electron chi connectivity index (χ4n) is 2.52. The van der Waals surface area contributed by atoms with Crippen LogP contribution in [0.25, 0.3) is 0 Å². The van der Waals surface area contributed by atoms with Gasteiger partial charge in [0.1, 0.15) is 5.82 Å². The second-order valence-corrected chi connectivity index (χ2v) is 4.99. The lowest BCUT2D eigenvalue weighted by atomic mass is 10.0. The Bertz CT molecular complexity index is 442. The molecule has 2 rings (SSSR count). The molecule has 5 heteroatoms. The average molecular weight is 263 g/mol. The maximum absolute atomic E-state index is 11.4. The Balaban J connectivity index is 1.92. The van der Waals surface area contributed by atoms with Crippen molar-refractivity contribution in [3.63, 3.8) is 0 Å². The number of nitrogens with zero attached hydrogens (tertiary/aromatic N) is 1. The Morgan fingerprint density at radius 1 is 1.47 bits per heavy atom. The molecule has 1 aromatic rings. The number of esters is 1. The zero-order valence-electron chi connectivity index (χ0n) is 11.3. The highest BCUT2D eigenvalue weighted by Crippen LogP contribution is 2.27. The summed E-state index contributed by atoms with van der Waals surface area (Å²) >= 11 is 0. The highest BCUT2D eigenvalue weighted by molar-refractivity contribution is 5.88. The molecule has 1 heterocycles. The number of carbonyl (C=O) groups is 1. The Hall–Kier alpha value is -1.78. The van der Waals surface area contributed by atoms with Gasteiger partial charge in [-0.2, -0.15) is 0 Å². The standard InChI is InChI=1S/C14H21N3O2/c1-19-14(18)12-7-6-11(15)13(17-12)16-9-8-10-4-2-3-5-10/h6-7,10H,2-5,8-9,15H2,1H3,(H,16,17). The smallest absolute Gasteiger partial charge is 0.356 e. The van der Waals surface area contributed by atoms with Crippen molar-refractivity contribution in [1.29, 1.82) is 0 Å². The number of nitrogens with one attached hydrogen (secondary N) is 1. The first-order valence-corrected chi connectivity index (χ1v) is 6.79. The van der Waals surface area contributed by atoms with Crippen LogP contribution in [0.2, 0.25) is 0 Å². The van der Waals surface area contributed by atoms with Crippen LogP contribution < -0.4 is 11.1 Å². The molecule has 1 saturated carbocycles. The van der Waals surface area contributed by atoms with Crippen LogP contribution in [0.5, 0.6) is 0 Å².